The van der Waals surface area contributed by atoms with Crippen LogP contribution in [0.1, 0.15) is 30.4 Å². The van der Waals surface area contributed by atoms with Crippen molar-refractivity contribution in [1.29, 1.82) is 0 Å². The molecule has 1 aromatic carbocycles. The van der Waals surface area contributed by atoms with Gasteiger partial charge in [-0.1, -0.05) is 6.07 Å². The molecule has 0 radical (unpaired) electrons. The van der Waals surface area contributed by atoms with E-state index >= 15 is 0 Å². The number of non-ortho nitro benzene ring substituents is 1. The van der Waals surface area contributed by atoms with E-state index in [0.29, 0.717) is 0 Å². The van der Waals surface area contributed by atoms with Crippen LogP contribution < -0.4 is 5.32 Å². The van der Waals surface area contributed by atoms with Crippen molar-refractivity contribution in [2.24, 2.45) is 0 Å². The number of nitrogens with one attached hydrogen (secondary N) is 1. The predicted octanol–water partition coefficient (Wildman–Crippen LogP) is 2.12. The van der Waals surface area contributed by atoms with Crippen molar-refractivity contribution in [3.8, 4) is 0 Å². The first-order valence-corrected chi connectivity index (χ1v) is 5.74. The Balaban J connectivity index is 2.06. The van der Waals surface area contributed by atoms with Gasteiger partial charge in [0.15, 0.2) is 0 Å². The maximum Gasteiger partial charge on any atom is 0.269 e. The van der Waals surface area contributed by atoms with E-state index in [9.17, 15) is 10.1 Å². The highest BCUT2D eigenvalue weighted by Gasteiger charge is 2.41. The van der Waals surface area contributed by atoms with Gasteiger partial charge >= 0.3 is 0 Å². The smallest absolute Gasteiger partial charge is 0.269 e. The quantitative estimate of drug-likeness (QED) is 0.580. The van der Waals surface area contributed by atoms with Crippen molar-refractivity contribution in [3.05, 3.63) is 39.4 Å². The fraction of sp³-hybridized carbons (Fsp3) is 0.500. The molecular weight excluding hydrogens is 204 g/mol. The van der Waals surface area contributed by atoms with E-state index in [4.69, 9.17) is 0 Å². The van der Waals surface area contributed by atoms with Gasteiger partial charge in [-0.15, -0.1) is 0 Å². The zero-order valence-corrected chi connectivity index (χ0v) is 9.03. The highest BCUT2D eigenvalue weighted by molar-refractivity contribution is 5.45. The van der Waals surface area contributed by atoms with Crippen LogP contribution in [0.2, 0.25) is 0 Å². The van der Waals surface area contributed by atoms with Crippen LogP contribution in [0.15, 0.2) is 18.2 Å². The Hall–Kier alpha value is -1.42. The molecule has 1 spiro atoms. The van der Waals surface area contributed by atoms with Gasteiger partial charge in [0.1, 0.15) is 0 Å². The van der Waals surface area contributed by atoms with E-state index in [1.54, 1.807) is 12.1 Å². The molecule has 1 fully saturated rings. The van der Waals surface area contributed by atoms with Gasteiger partial charge in [0, 0.05) is 24.2 Å². The van der Waals surface area contributed by atoms with E-state index in [2.05, 4.69) is 5.32 Å². The largest absolute Gasteiger partial charge is 0.307 e. The molecule has 0 bridgehead atoms. The summed E-state index contributed by atoms with van der Waals surface area (Å²) in [5.74, 6) is 0. The van der Waals surface area contributed by atoms with Gasteiger partial charge < -0.3 is 5.32 Å². The summed E-state index contributed by atoms with van der Waals surface area (Å²) in [5.41, 5.74) is 2.81. The third-order valence-electron chi connectivity index (χ3n) is 3.88. The molecule has 1 saturated carbocycles. The van der Waals surface area contributed by atoms with Crippen molar-refractivity contribution < 1.29 is 4.92 Å². The Bertz CT molecular complexity index is 452. The maximum absolute atomic E-state index is 10.7. The highest BCUT2D eigenvalue weighted by atomic mass is 16.6. The molecule has 3 rings (SSSR count). The summed E-state index contributed by atoms with van der Waals surface area (Å²) in [6.07, 6.45) is 4.48. The normalized spacial score (nSPS) is 21.2. The van der Waals surface area contributed by atoms with Crippen LogP contribution in [0.5, 0.6) is 0 Å². The van der Waals surface area contributed by atoms with Crippen molar-refractivity contribution in [2.45, 2.75) is 31.2 Å². The number of nitrogens with zero attached hydrogens (tertiary/aromatic N) is 1. The lowest BCUT2D eigenvalue weighted by atomic mass is 9.68. The van der Waals surface area contributed by atoms with E-state index in [0.717, 1.165) is 31.4 Å². The molecule has 4 heteroatoms. The zero-order valence-electron chi connectivity index (χ0n) is 9.03. The van der Waals surface area contributed by atoms with Gasteiger partial charge in [-0.25, -0.2) is 0 Å². The lowest BCUT2D eigenvalue weighted by Gasteiger charge is -2.47. The average molecular weight is 218 g/mol. The van der Waals surface area contributed by atoms with Gasteiger partial charge in [-0.3, -0.25) is 10.1 Å². The number of nitro benzene ring substituents is 1. The summed E-state index contributed by atoms with van der Waals surface area (Å²) in [7, 11) is 0. The molecule has 1 N–H and O–H groups in total. The zero-order chi connectivity index (χ0) is 11.2. The molecule has 4 nitrogen and oxygen atoms in total. The molecule has 2 aliphatic rings. The first-order valence-electron chi connectivity index (χ1n) is 5.74. The Labute approximate surface area is 93.8 Å². The summed E-state index contributed by atoms with van der Waals surface area (Å²) in [4.78, 5) is 10.4. The van der Waals surface area contributed by atoms with Gasteiger partial charge in [-0.2, -0.15) is 0 Å². The summed E-state index contributed by atoms with van der Waals surface area (Å²) >= 11 is 0. The summed E-state index contributed by atoms with van der Waals surface area (Å²) in [6, 6.07) is 5.32. The number of hydrogen-bond donors (Lipinski definition) is 1. The first kappa shape index (κ1) is 9.78. The summed E-state index contributed by atoms with van der Waals surface area (Å²) in [6.45, 7) is 0.939. The molecule has 0 amide bonds. The minimum Gasteiger partial charge on any atom is -0.307 e. The van der Waals surface area contributed by atoms with E-state index in [-0.39, 0.29) is 16.1 Å². The third kappa shape index (κ3) is 1.26. The SMILES string of the molecule is O=[N+]([O-])c1ccc2c(c1)CCNC21CCC1. The number of rotatable bonds is 1. The second kappa shape index (κ2) is 3.28. The van der Waals surface area contributed by atoms with Crippen molar-refractivity contribution >= 4 is 5.69 Å². The average Bonchev–Trinajstić information content (AvgIpc) is 2.25. The lowest BCUT2D eigenvalue weighted by Crippen LogP contribution is -2.51. The van der Waals surface area contributed by atoms with E-state index in [1.807, 2.05) is 6.07 Å². The van der Waals surface area contributed by atoms with Crippen LogP contribution in [0.3, 0.4) is 0 Å². The molecule has 16 heavy (non-hydrogen) atoms. The van der Waals surface area contributed by atoms with E-state index < -0.39 is 0 Å². The minimum absolute atomic E-state index is 0.142. The summed E-state index contributed by atoms with van der Waals surface area (Å²) < 4.78 is 0. The van der Waals surface area contributed by atoms with Gasteiger partial charge in [0.05, 0.1) is 4.92 Å². The van der Waals surface area contributed by atoms with Crippen LogP contribution in [0.4, 0.5) is 5.69 Å². The van der Waals surface area contributed by atoms with Gasteiger partial charge in [-0.05, 0) is 36.8 Å². The standard InChI is InChI=1S/C12H14N2O2/c15-14(16)10-2-3-11-9(8-10)4-7-13-12(11)5-1-6-12/h2-3,8,13H,1,4-7H2. The summed E-state index contributed by atoms with van der Waals surface area (Å²) in [5, 5.41) is 14.3. The fourth-order valence-corrected chi connectivity index (χ4v) is 2.88. The van der Waals surface area contributed by atoms with Gasteiger partial charge in [0.2, 0.25) is 0 Å². The molecule has 1 aliphatic heterocycles. The van der Waals surface area contributed by atoms with Crippen molar-refractivity contribution in [2.75, 3.05) is 6.54 Å². The number of fused-ring (bicyclic) bond motifs is 2. The van der Waals surface area contributed by atoms with Crippen LogP contribution in [0.25, 0.3) is 0 Å². The lowest BCUT2D eigenvalue weighted by molar-refractivity contribution is -0.385. The number of benzene rings is 1. The molecule has 0 atom stereocenters. The second-order valence-electron chi connectivity index (χ2n) is 4.71. The maximum atomic E-state index is 10.7. The minimum atomic E-state index is -0.310. The Morgan fingerprint density at radius 2 is 2.19 bits per heavy atom. The number of hydrogen-bond acceptors (Lipinski definition) is 3. The van der Waals surface area contributed by atoms with E-state index in [1.165, 1.54) is 12.0 Å². The van der Waals surface area contributed by atoms with Crippen LogP contribution in [0, 0.1) is 10.1 Å². The first-order chi connectivity index (χ1) is 7.71. The topological polar surface area (TPSA) is 55.2 Å². The second-order valence-corrected chi connectivity index (χ2v) is 4.71. The monoisotopic (exact) mass is 218 g/mol. The fourth-order valence-electron chi connectivity index (χ4n) is 2.88. The molecule has 1 aromatic rings. The highest BCUT2D eigenvalue weighted by Crippen LogP contribution is 2.45. The Kier molecular flexibility index (Phi) is 2.01. The Morgan fingerprint density at radius 1 is 1.38 bits per heavy atom. The Morgan fingerprint density at radius 3 is 2.81 bits per heavy atom. The van der Waals surface area contributed by atoms with Crippen LogP contribution in [-0.4, -0.2) is 11.5 Å². The molecule has 0 unspecified atom stereocenters. The third-order valence-corrected chi connectivity index (χ3v) is 3.88. The molecular formula is C12H14N2O2. The molecule has 0 saturated heterocycles. The molecule has 84 valence electrons. The predicted molar refractivity (Wildman–Crippen MR) is 60.3 cm³/mol. The molecule has 1 aliphatic carbocycles. The van der Waals surface area contributed by atoms with Crippen LogP contribution in [-0.2, 0) is 12.0 Å². The molecule has 1 heterocycles. The number of nitro groups is 1. The van der Waals surface area contributed by atoms with Crippen LogP contribution >= 0.6 is 0 Å². The van der Waals surface area contributed by atoms with Crippen molar-refractivity contribution in [3.63, 3.8) is 0 Å². The van der Waals surface area contributed by atoms with Gasteiger partial charge in [0.25, 0.3) is 5.69 Å². The van der Waals surface area contributed by atoms with Crippen molar-refractivity contribution in [1.82, 2.24) is 5.32 Å². The molecule has 0 aromatic heterocycles.